The third-order valence-electron chi connectivity index (χ3n) is 8.71. The number of hydrogen-bond acceptors (Lipinski definition) is 8. The zero-order valence-electron chi connectivity index (χ0n) is 21.9. The number of thiazole rings is 1. The van der Waals surface area contributed by atoms with Gasteiger partial charge in [0.05, 0.1) is 29.0 Å². The van der Waals surface area contributed by atoms with Gasteiger partial charge in [-0.1, -0.05) is 17.3 Å². The molecule has 1 N–H and O–H groups in total. The summed E-state index contributed by atoms with van der Waals surface area (Å²) in [6.45, 7) is -2.78. The number of nitrogens with zero attached hydrogens (tertiary/aromatic N) is 3. The van der Waals surface area contributed by atoms with Crippen LogP contribution < -0.4 is 4.74 Å². The number of hydrogen-bond donors (Lipinski definition) is 1. The van der Waals surface area contributed by atoms with Crippen LogP contribution >= 0.6 is 11.3 Å². The van der Waals surface area contributed by atoms with Gasteiger partial charge < -0.3 is 19.1 Å². The lowest BCUT2D eigenvalue weighted by Gasteiger charge is -2.41. The molecule has 0 saturated heterocycles. The molecule has 0 radical (unpaired) electrons. The van der Waals surface area contributed by atoms with Crippen molar-refractivity contribution in [2.75, 3.05) is 0 Å². The van der Waals surface area contributed by atoms with Gasteiger partial charge in [0.1, 0.15) is 33.3 Å². The quantitative estimate of drug-likeness (QED) is 0.238. The van der Waals surface area contributed by atoms with Crippen molar-refractivity contribution in [2.24, 2.45) is 11.8 Å². The van der Waals surface area contributed by atoms with Gasteiger partial charge in [0.2, 0.25) is 0 Å². The highest BCUT2D eigenvalue weighted by molar-refractivity contribution is 7.18. The second-order valence-corrected chi connectivity index (χ2v) is 12.2. The summed E-state index contributed by atoms with van der Waals surface area (Å²) in [6.07, 6.45) is 4.58. The summed E-state index contributed by atoms with van der Waals surface area (Å²) in [7, 11) is 0. The maximum atomic E-state index is 14.6. The van der Waals surface area contributed by atoms with Gasteiger partial charge in [-0.25, -0.2) is 9.37 Å². The molecule has 0 amide bonds. The van der Waals surface area contributed by atoms with E-state index in [4.69, 9.17) is 14.0 Å². The molecule has 0 spiro atoms. The second kappa shape index (κ2) is 10.1. The van der Waals surface area contributed by atoms with Crippen LogP contribution in [0.2, 0.25) is 0 Å². The Hall–Kier alpha value is -3.46. The molecule has 4 aromatic rings. The number of nitriles is 1. The molecule has 7 nitrogen and oxygen atoms in total. The predicted molar refractivity (Wildman–Crippen MR) is 143 cm³/mol. The molecule has 3 saturated carbocycles. The van der Waals surface area contributed by atoms with E-state index in [0.29, 0.717) is 33.8 Å². The fourth-order valence-electron chi connectivity index (χ4n) is 6.61. The van der Waals surface area contributed by atoms with Crippen molar-refractivity contribution in [1.82, 2.24) is 10.1 Å². The van der Waals surface area contributed by atoms with Crippen LogP contribution in [0.3, 0.4) is 0 Å². The molecule has 3 fully saturated rings. The number of rotatable bonds is 8. The average Bonchev–Trinajstić information content (AvgIpc) is 3.52. The average molecular weight is 582 g/mol. The van der Waals surface area contributed by atoms with Crippen LogP contribution in [-0.2, 0) is 16.9 Å². The van der Waals surface area contributed by atoms with E-state index >= 15 is 0 Å². The summed E-state index contributed by atoms with van der Waals surface area (Å²) in [6, 6.07) is 11.3. The van der Waals surface area contributed by atoms with Crippen LogP contribution in [0.25, 0.3) is 21.5 Å². The fraction of sp³-hybridized carbons (Fsp3) is 0.433. The molecule has 4 atom stereocenters. The van der Waals surface area contributed by atoms with Crippen molar-refractivity contribution < 1.29 is 32.3 Å². The summed E-state index contributed by atoms with van der Waals surface area (Å²) in [4.78, 5) is 4.50. The summed E-state index contributed by atoms with van der Waals surface area (Å²) >= 11 is 1.24. The molecule has 3 aliphatic carbocycles. The fourth-order valence-corrected chi connectivity index (χ4v) is 7.88. The minimum Gasteiger partial charge on any atom is -0.434 e. The van der Waals surface area contributed by atoms with Crippen molar-refractivity contribution in [3.63, 3.8) is 0 Å². The molecule has 212 valence electrons. The van der Waals surface area contributed by atoms with E-state index in [-0.39, 0.29) is 47.3 Å². The number of aliphatic hydroxyl groups is 1. The third-order valence-corrected chi connectivity index (χ3v) is 9.85. The van der Waals surface area contributed by atoms with E-state index in [2.05, 4.69) is 10.1 Å². The number of fused-ring (bicyclic) bond motifs is 3. The van der Waals surface area contributed by atoms with Crippen LogP contribution in [0.5, 0.6) is 5.75 Å². The number of ether oxygens (including phenoxy) is 2. The first kappa shape index (κ1) is 26.4. The van der Waals surface area contributed by atoms with Crippen molar-refractivity contribution in [2.45, 2.75) is 69.4 Å². The Balaban J connectivity index is 1.13. The maximum absolute atomic E-state index is 14.6. The molecule has 41 heavy (non-hydrogen) atoms. The number of alkyl halides is 2. The standard InChI is InChI=1S/C30H26F3N3O4S/c31-22-9-15(13-34)10-24-26(22)35-28(41-24)30(37)17-7-8-18(30)12-19(11-17)38-14-21-25(36-40-27(21)16-5-6-16)20-3-1-2-4-23(20)39-29(32)33/h1-4,9-10,16-19,29,37H,5-8,11-12,14H2/t17-,18+,19?,30?. The molecule has 7 rings (SSSR count). The molecule has 0 aliphatic heterocycles. The first-order chi connectivity index (χ1) is 19.8. The lowest BCUT2D eigenvalue weighted by atomic mass is 9.73. The Labute approximate surface area is 237 Å². The Bertz CT molecular complexity index is 1650. The first-order valence-corrected chi connectivity index (χ1v) is 14.5. The van der Waals surface area contributed by atoms with Crippen LogP contribution in [0, 0.1) is 29.0 Å². The zero-order chi connectivity index (χ0) is 28.3. The monoisotopic (exact) mass is 581 g/mol. The zero-order valence-corrected chi connectivity index (χ0v) is 22.7. The Kier molecular flexibility index (Phi) is 6.52. The molecule has 2 heterocycles. The summed E-state index contributed by atoms with van der Waals surface area (Å²) in [5.74, 6) is 0.174. The molecule has 2 unspecified atom stereocenters. The van der Waals surface area contributed by atoms with Crippen LogP contribution in [0.15, 0.2) is 40.9 Å². The highest BCUT2D eigenvalue weighted by Crippen LogP contribution is 2.57. The summed E-state index contributed by atoms with van der Waals surface area (Å²) in [5.41, 5.74) is 0.809. The molecule has 11 heteroatoms. The van der Waals surface area contributed by atoms with Gasteiger partial charge >= 0.3 is 6.61 Å². The number of benzene rings is 2. The normalized spacial score (nSPS) is 25.6. The van der Waals surface area contributed by atoms with E-state index in [1.807, 2.05) is 6.07 Å². The van der Waals surface area contributed by atoms with Gasteiger partial charge in [-0.3, -0.25) is 0 Å². The Morgan fingerprint density at radius 3 is 2.61 bits per heavy atom. The SMILES string of the molecule is N#Cc1cc(F)c2nc(C3(O)[C@@H]4CC[C@H]3CC(OCc3c(-c5ccccc5OC(F)F)noc3C3CC3)C4)sc2c1. The van der Waals surface area contributed by atoms with Crippen LogP contribution in [0.1, 0.15) is 66.3 Å². The van der Waals surface area contributed by atoms with Gasteiger partial charge in [0.15, 0.2) is 5.82 Å². The smallest absolute Gasteiger partial charge is 0.387 e. The molecular formula is C30H26F3N3O4S. The van der Waals surface area contributed by atoms with Crippen molar-refractivity contribution in [3.8, 4) is 23.1 Å². The minimum atomic E-state index is -2.97. The van der Waals surface area contributed by atoms with Gasteiger partial charge in [-0.15, -0.1) is 11.3 Å². The topological polar surface area (TPSA) is 101 Å². The second-order valence-electron chi connectivity index (χ2n) is 11.2. The van der Waals surface area contributed by atoms with E-state index in [1.165, 1.54) is 23.5 Å². The lowest BCUT2D eigenvalue weighted by molar-refractivity contribution is -0.116. The molecule has 2 bridgehead atoms. The van der Waals surface area contributed by atoms with E-state index < -0.39 is 18.0 Å². The highest BCUT2D eigenvalue weighted by Gasteiger charge is 2.56. The van der Waals surface area contributed by atoms with E-state index in [1.54, 1.807) is 24.3 Å². The number of para-hydroxylation sites is 1. The van der Waals surface area contributed by atoms with Crippen molar-refractivity contribution in [1.29, 1.82) is 5.26 Å². The van der Waals surface area contributed by atoms with Crippen LogP contribution in [-0.4, -0.2) is 28.0 Å². The summed E-state index contributed by atoms with van der Waals surface area (Å²) < 4.78 is 58.2. The predicted octanol–water partition coefficient (Wildman–Crippen LogP) is 7.03. The molecular weight excluding hydrogens is 555 g/mol. The Morgan fingerprint density at radius 2 is 1.90 bits per heavy atom. The van der Waals surface area contributed by atoms with Crippen molar-refractivity contribution in [3.05, 3.63) is 64.1 Å². The molecule has 2 aromatic heterocycles. The van der Waals surface area contributed by atoms with Gasteiger partial charge in [0.25, 0.3) is 0 Å². The molecule has 3 aliphatic rings. The maximum Gasteiger partial charge on any atom is 0.387 e. The number of halogens is 3. The molecule has 2 aromatic carbocycles. The van der Waals surface area contributed by atoms with Gasteiger partial charge in [-0.05, 0) is 74.6 Å². The third kappa shape index (κ3) is 4.58. The summed E-state index contributed by atoms with van der Waals surface area (Å²) in [5, 5.41) is 25.9. The van der Waals surface area contributed by atoms with Gasteiger partial charge in [-0.2, -0.15) is 14.0 Å². The number of aromatic nitrogens is 2. The highest BCUT2D eigenvalue weighted by atomic mass is 32.1. The van der Waals surface area contributed by atoms with Crippen molar-refractivity contribution >= 4 is 21.6 Å². The minimum absolute atomic E-state index is 0.0225. The Morgan fingerprint density at radius 1 is 1.15 bits per heavy atom. The lowest BCUT2D eigenvalue weighted by Crippen LogP contribution is -2.44. The van der Waals surface area contributed by atoms with Crippen LogP contribution in [0.4, 0.5) is 13.2 Å². The largest absolute Gasteiger partial charge is 0.434 e. The first-order valence-electron chi connectivity index (χ1n) is 13.7. The van der Waals surface area contributed by atoms with E-state index in [9.17, 15) is 23.5 Å². The van der Waals surface area contributed by atoms with Gasteiger partial charge in [0, 0.05) is 17.0 Å². The van der Waals surface area contributed by atoms with E-state index in [0.717, 1.165) is 37.0 Å².